The van der Waals surface area contributed by atoms with Gasteiger partial charge in [-0.1, -0.05) is 0 Å². The Labute approximate surface area is 127 Å². The first-order valence-corrected chi connectivity index (χ1v) is 7.86. The van der Waals surface area contributed by atoms with E-state index >= 15 is 0 Å². The highest BCUT2D eigenvalue weighted by atomic mass is 32.2. The zero-order chi connectivity index (χ0) is 15.2. The second kappa shape index (κ2) is 7.16. The van der Waals surface area contributed by atoms with Gasteiger partial charge < -0.3 is 5.32 Å². The zero-order valence-electron chi connectivity index (χ0n) is 12.3. The maximum atomic E-state index is 12.3. The van der Waals surface area contributed by atoms with Gasteiger partial charge in [0, 0.05) is 13.0 Å². The third-order valence-electron chi connectivity index (χ3n) is 2.93. The van der Waals surface area contributed by atoms with Crippen molar-refractivity contribution in [3.63, 3.8) is 0 Å². The summed E-state index contributed by atoms with van der Waals surface area (Å²) in [6.45, 7) is 4.23. The van der Waals surface area contributed by atoms with E-state index in [2.05, 4.69) is 30.5 Å². The molecule has 7 nitrogen and oxygen atoms in total. The maximum absolute atomic E-state index is 12.3. The minimum absolute atomic E-state index is 0.130. The van der Waals surface area contributed by atoms with Crippen molar-refractivity contribution in [1.29, 1.82) is 0 Å². The molecule has 0 aliphatic carbocycles. The Balaban J connectivity index is 1.94. The number of hydrogen-bond acceptors (Lipinski definition) is 6. The van der Waals surface area contributed by atoms with Gasteiger partial charge in [0.15, 0.2) is 0 Å². The highest BCUT2D eigenvalue weighted by Gasteiger charge is 2.16. The van der Waals surface area contributed by atoms with Crippen molar-refractivity contribution in [3.05, 3.63) is 29.2 Å². The number of carbonyl (C=O) groups is 1. The van der Waals surface area contributed by atoms with E-state index in [-0.39, 0.29) is 5.91 Å². The molecule has 0 saturated heterocycles. The number of carbonyl (C=O) groups excluding carboxylic acids is 1. The molecule has 2 rings (SSSR count). The summed E-state index contributed by atoms with van der Waals surface area (Å²) in [4.78, 5) is 24.9. The molecule has 0 spiro atoms. The minimum atomic E-state index is -0.130. The minimum Gasteiger partial charge on any atom is -0.352 e. The van der Waals surface area contributed by atoms with Gasteiger partial charge in [-0.25, -0.2) is 15.0 Å². The van der Waals surface area contributed by atoms with Gasteiger partial charge in [0.25, 0.3) is 5.91 Å². The van der Waals surface area contributed by atoms with Crippen molar-refractivity contribution < 1.29 is 4.79 Å². The molecule has 0 bridgehead atoms. The fourth-order valence-electron chi connectivity index (χ4n) is 1.99. The number of H-pyrrole nitrogens is 1. The average molecular weight is 306 g/mol. The van der Waals surface area contributed by atoms with Crippen molar-refractivity contribution in [1.82, 2.24) is 30.5 Å². The molecule has 0 saturated carbocycles. The number of aromatic nitrogens is 5. The molecule has 0 aromatic carbocycles. The molecular weight excluding hydrogens is 288 g/mol. The fraction of sp³-hybridized carbons (Fsp3) is 0.462. The van der Waals surface area contributed by atoms with E-state index in [0.29, 0.717) is 28.7 Å². The van der Waals surface area contributed by atoms with Crippen LogP contribution in [0.5, 0.6) is 0 Å². The molecule has 0 aliphatic heterocycles. The van der Waals surface area contributed by atoms with Gasteiger partial charge in [-0.2, -0.15) is 5.10 Å². The van der Waals surface area contributed by atoms with Crippen LogP contribution in [0.4, 0.5) is 0 Å². The topological polar surface area (TPSA) is 96.5 Å². The molecule has 0 aliphatic rings. The lowest BCUT2D eigenvalue weighted by molar-refractivity contribution is 0.0948. The number of rotatable bonds is 6. The lowest BCUT2D eigenvalue weighted by atomic mass is 10.2. The number of aryl methyl sites for hydroxylation is 3. The Kier molecular flexibility index (Phi) is 5.26. The fourth-order valence-corrected chi connectivity index (χ4v) is 2.66. The lowest BCUT2D eigenvalue weighted by Gasteiger charge is -2.10. The molecular formula is C13H18N6OS. The number of amides is 1. The van der Waals surface area contributed by atoms with Crippen LogP contribution in [0.2, 0.25) is 0 Å². The van der Waals surface area contributed by atoms with Crippen LogP contribution in [0.1, 0.15) is 34.1 Å². The number of thioether (sulfide) groups is 1. The highest BCUT2D eigenvalue weighted by molar-refractivity contribution is 7.98. The summed E-state index contributed by atoms with van der Waals surface area (Å²) >= 11 is 1.45. The summed E-state index contributed by atoms with van der Waals surface area (Å²) in [6.07, 6.45) is 4.92. The molecule has 112 valence electrons. The normalized spacial score (nSPS) is 10.6. The molecule has 2 aromatic heterocycles. The quantitative estimate of drug-likeness (QED) is 0.474. The first-order valence-electron chi connectivity index (χ1n) is 6.63. The second-order valence-corrected chi connectivity index (χ2v) is 5.33. The van der Waals surface area contributed by atoms with Crippen molar-refractivity contribution in [2.75, 3.05) is 12.8 Å². The monoisotopic (exact) mass is 306 g/mol. The molecule has 0 fully saturated rings. The first-order chi connectivity index (χ1) is 10.1. The molecule has 0 radical (unpaired) electrons. The van der Waals surface area contributed by atoms with Crippen LogP contribution in [0, 0.1) is 13.8 Å². The summed E-state index contributed by atoms with van der Waals surface area (Å²) in [6, 6.07) is 0. The van der Waals surface area contributed by atoms with Crippen LogP contribution in [0.15, 0.2) is 11.4 Å². The van der Waals surface area contributed by atoms with E-state index in [1.54, 1.807) is 0 Å². The van der Waals surface area contributed by atoms with Gasteiger partial charge in [-0.15, -0.1) is 11.8 Å². The van der Waals surface area contributed by atoms with Gasteiger partial charge in [-0.05, 0) is 26.5 Å². The Morgan fingerprint density at radius 1 is 1.38 bits per heavy atom. The Morgan fingerprint density at radius 2 is 2.19 bits per heavy atom. The van der Waals surface area contributed by atoms with E-state index < -0.39 is 0 Å². The number of nitrogens with zero attached hydrogens (tertiary/aromatic N) is 4. The van der Waals surface area contributed by atoms with Crippen LogP contribution < -0.4 is 5.32 Å². The van der Waals surface area contributed by atoms with E-state index in [0.717, 1.165) is 18.7 Å². The Bertz CT molecular complexity index is 613. The van der Waals surface area contributed by atoms with Crippen molar-refractivity contribution >= 4 is 17.7 Å². The third-order valence-corrected chi connectivity index (χ3v) is 3.61. The van der Waals surface area contributed by atoms with Gasteiger partial charge in [0.1, 0.15) is 23.0 Å². The summed E-state index contributed by atoms with van der Waals surface area (Å²) in [5.74, 6) is 1.37. The molecule has 2 heterocycles. The van der Waals surface area contributed by atoms with Crippen molar-refractivity contribution in [2.45, 2.75) is 31.7 Å². The summed E-state index contributed by atoms with van der Waals surface area (Å²) in [5, 5.41) is 10.2. The smallest absolute Gasteiger partial charge is 0.255 e. The van der Waals surface area contributed by atoms with E-state index in [1.807, 2.05) is 20.1 Å². The maximum Gasteiger partial charge on any atom is 0.255 e. The van der Waals surface area contributed by atoms with Crippen LogP contribution in [-0.4, -0.2) is 43.9 Å². The van der Waals surface area contributed by atoms with Crippen LogP contribution in [0.25, 0.3) is 0 Å². The van der Waals surface area contributed by atoms with Crippen LogP contribution in [0.3, 0.4) is 0 Å². The van der Waals surface area contributed by atoms with Crippen molar-refractivity contribution in [2.24, 2.45) is 0 Å². The third kappa shape index (κ3) is 4.01. The SMILES string of the molecule is CSc1nc(C)nc(C)c1C(=O)NCCCc1ncn[nH]1. The number of hydrogen-bond donors (Lipinski definition) is 2. The molecule has 21 heavy (non-hydrogen) atoms. The predicted octanol–water partition coefficient (Wildman–Crippen LogP) is 1.30. The number of nitrogens with one attached hydrogen (secondary N) is 2. The Morgan fingerprint density at radius 3 is 2.86 bits per heavy atom. The highest BCUT2D eigenvalue weighted by Crippen LogP contribution is 2.20. The van der Waals surface area contributed by atoms with Crippen LogP contribution >= 0.6 is 11.8 Å². The van der Waals surface area contributed by atoms with Gasteiger partial charge >= 0.3 is 0 Å². The lowest BCUT2D eigenvalue weighted by Crippen LogP contribution is -2.27. The van der Waals surface area contributed by atoms with Crippen molar-refractivity contribution in [3.8, 4) is 0 Å². The standard InChI is InChI=1S/C13H18N6OS/c1-8-11(13(21-3)18-9(2)17-8)12(20)14-6-4-5-10-15-7-16-19-10/h7H,4-6H2,1-3H3,(H,14,20)(H,15,16,19). The molecule has 0 unspecified atom stereocenters. The summed E-state index contributed by atoms with van der Waals surface area (Å²) < 4.78 is 0. The van der Waals surface area contributed by atoms with Gasteiger partial charge in [0.2, 0.25) is 0 Å². The molecule has 2 N–H and O–H groups in total. The van der Waals surface area contributed by atoms with E-state index in [1.165, 1.54) is 18.1 Å². The van der Waals surface area contributed by atoms with Gasteiger partial charge in [-0.3, -0.25) is 9.89 Å². The Hall–Kier alpha value is -1.96. The number of aromatic amines is 1. The largest absolute Gasteiger partial charge is 0.352 e. The van der Waals surface area contributed by atoms with Crippen LogP contribution in [-0.2, 0) is 6.42 Å². The summed E-state index contributed by atoms with van der Waals surface area (Å²) in [5.41, 5.74) is 1.27. The van der Waals surface area contributed by atoms with E-state index in [4.69, 9.17) is 0 Å². The first kappa shape index (κ1) is 15.4. The molecule has 0 atom stereocenters. The van der Waals surface area contributed by atoms with E-state index in [9.17, 15) is 4.79 Å². The predicted molar refractivity (Wildman–Crippen MR) is 80.3 cm³/mol. The molecule has 8 heteroatoms. The van der Waals surface area contributed by atoms with Gasteiger partial charge in [0.05, 0.1) is 11.3 Å². The second-order valence-electron chi connectivity index (χ2n) is 4.53. The molecule has 2 aromatic rings. The zero-order valence-corrected chi connectivity index (χ0v) is 13.1. The molecule has 1 amide bonds. The average Bonchev–Trinajstić information content (AvgIpc) is 2.95. The summed E-state index contributed by atoms with van der Waals surface area (Å²) in [7, 11) is 0.